The highest BCUT2D eigenvalue weighted by molar-refractivity contribution is 9.10. The van der Waals surface area contributed by atoms with Crippen molar-refractivity contribution in [3.05, 3.63) is 101 Å². The van der Waals surface area contributed by atoms with Gasteiger partial charge in [0.2, 0.25) is 0 Å². The van der Waals surface area contributed by atoms with Crippen LogP contribution >= 0.6 is 43.5 Å². The highest BCUT2D eigenvalue weighted by Gasteiger charge is 2.12. The van der Waals surface area contributed by atoms with Gasteiger partial charge in [-0.05, 0) is 70.9 Å². The molecule has 0 fully saturated rings. The average molecular weight is 606 g/mol. The summed E-state index contributed by atoms with van der Waals surface area (Å²) in [5, 5.41) is 14.4. The van der Waals surface area contributed by atoms with Crippen LogP contribution in [0.3, 0.4) is 0 Å². The van der Waals surface area contributed by atoms with Gasteiger partial charge in [0.05, 0.1) is 27.2 Å². The summed E-state index contributed by atoms with van der Waals surface area (Å²) in [7, 11) is 0. The number of rotatable bonds is 6. The predicted molar refractivity (Wildman–Crippen MR) is 138 cm³/mol. The lowest BCUT2D eigenvalue weighted by Gasteiger charge is -2.13. The van der Waals surface area contributed by atoms with Crippen molar-refractivity contribution in [3.63, 3.8) is 0 Å². The second-order valence-corrected chi connectivity index (χ2v) is 9.49. The molecule has 0 aliphatic carbocycles. The number of fused-ring (bicyclic) bond motifs is 1. The van der Waals surface area contributed by atoms with Crippen molar-refractivity contribution >= 4 is 66.5 Å². The predicted octanol–water partition coefficient (Wildman–Crippen LogP) is 6.04. The van der Waals surface area contributed by atoms with E-state index in [9.17, 15) is 14.7 Å². The number of carbonyl (C=O) groups is 1. The van der Waals surface area contributed by atoms with E-state index in [1.807, 2.05) is 6.07 Å². The molecule has 0 atom stereocenters. The van der Waals surface area contributed by atoms with Gasteiger partial charge in [-0.25, -0.2) is 9.78 Å². The molecule has 3 aromatic carbocycles. The van der Waals surface area contributed by atoms with Gasteiger partial charge in [-0.2, -0.15) is 9.78 Å². The molecule has 0 saturated heterocycles. The first kappa shape index (κ1) is 24.1. The summed E-state index contributed by atoms with van der Waals surface area (Å²) in [6, 6.07) is 15.1. The minimum atomic E-state index is -1.01. The topological polar surface area (TPSA) is 93.8 Å². The first-order chi connectivity index (χ1) is 16.2. The Morgan fingerprint density at radius 2 is 2.00 bits per heavy atom. The Kier molecular flexibility index (Phi) is 7.16. The zero-order chi connectivity index (χ0) is 24.4. The molecule has 0 bridgehead atoms. The van der Waals surface area contributed by atoms with Crippen molar-refractivity contribution in [2.45, 2.75) is 13.5 Å². The zero-order valence-electron chi connectivity index (χ0n) is 17.6. The molecule has 0 amide bonds. The molecule has 1 heterocycles. The molecule has 4 rings (SSSR count). The van der Waals surface area contributed by atoms with Crippen LogP contribution in [0.5, 0.6) is 5.75 Å². The van der Waals surface area contributed by atoms with Gasteiger partial charge in [0.15, 0.2) is 0 Å². The first-order valence-electron chi connectivity index (χ1n) is 9.90. The van der Waals surface area contributed by atoms with Crippen molar-refractivity contribution in [2.75, 3.05) is 0 Å². The quantitative estimate of drug-likeness (QED) is 0.271. The number of hydrogen-bond acceptors (Lipinski definition) is 5. The maximum atomic E-state index is 13.0. The van der Waals surface area contributed by atoms with Crippen LogP contribution in [0, 0.1) is 6.92 Å². The van der Waals surface area contributed by atoms with Gasteiger partial charge < -0.3 is 9.84 Å². The van der Waals surface area contributed by atoms with E-state index in [-0.39, 0.29) is 17.7 Å². The maximum absolute atomic E-state index is 13.0. The monoisotopic (exact) mass is 603 g/mol. The summed E-state index contributed by atoms with van der Waals surface area (Å²) in [5.74, 6) is -0.152. The number of aromatic nitrogens is 2. The third-order valence-electron chi connectivity index (χ3n) is 4.88. The molecule has 0 aliphatic heterocycles. The Bertz CT molecular complexity index is 1520. The van der Waals surface area contributed by atoms with Crippen LogP contribution in [-0.4, -0.2) is 27.0 Å². The van der Waals surface area contributed by atoms with Crippen molar-refractivity contribution in [2.24, 2.45) is 5.10 Å². The third kappa shape index (κ3) is 5.22. The number of carboxylic acid groups (broad SMARTS) is 1. The summed E-state index contributed by atoms with van der Waals surface area (Å²) >= 11 is 13.1. The molecule has 172 valence electrons. The van der Waals surface area contributed by atoms with E-state index < -0.39 is 5.97 Å². The number of ether oxygens (including phenoxy) is 1. The van der Waals surface area contributed by atoms with E-state index >= 15 is 0 Å². The molecule has 0 saturated carbocycles. The fourth-order valence-corrected chi connectivity index (χ4v) is 4.60. The molecule has 0 unspecified atom stereocenters. The molecule has 0 aliphatic rings. The number of benzene rings is 3. The fourth-order valence-electron chi connectivity index (χ4n) is 3.29. The van der Waals surface area contributed by atoms with Crippen LogP contribution in [0.4, 0.5) is 0 Å². The lowest BCUT2D eigenvalue weighted by Crippen LogP contribution is -2.20. The first-order valence-corrected chi connectivity index (χ1v) is 11.9. The molecule has 34 heavy (non-hydrogen) atoms. The van der Waals surface area contributed by atoms with Crippen LogP contribution in [0.2, 0.25) is 5.02 Å². The van der Waals surface area contributed by atoms with E-state index in [1.165, 1.54) is 17.0 Å². The van der Waals surface area contributed by atoms with E-state index in [0.717, 1.165) is 4.47 Å². The van der Waals surface area contributed by atoms with Crippen LogP contribution in [0.15, 0.2) is 73.4 Å². The number of nitrogens with zero attached hydrogens (tertiary/aromatic N) is 3. The molecule has 10 heteroatoms. The molecule has 1 N–H and O–H groups in total. The number of aromatic carboxylic acids is 1. The highest BCUT2D eigenvalue weighted by atomic mass is 79.9. The van der Waals surface area contributed by atoms with Gasteiger partial charge in [0, 0.05) is 15.1 Å². The van der Waals surface area contributed by atoms with Gasteiger partial charge in [-0.1, -0.05) is 39.7 Å². The zero-order valence-corrected chi connectivity index (χ0v) is 21.6. The summed E-state index contributed by atoms with van der Waals surface area (Å²) in [5.41, 5.74) is 1.64. The van der Waals surface area contributed by atoms with E-state index in [2.05, 4.69) is 41.9 Å². The minimum absolute atomic E-state index is 0.118. The van der Waals surface area contributed by atoms with Gasteiger partial charge in [0.1, 0.15) is 18.2 Å². The molecular formula is C24H16Br2ClN3O4. The number of halogens is 3. The van der Waals surface area contributed by atoms with Crippen LogP contribution in [0.1, 0.15) is 27.3 Å². The Morgan fingerprint density at radius 1 is 1.21 bits per heavy atom. The number of hydrogen-bond donors (Lipinski definition) is 1. The van der Waals surface area contributed by atoms with Crippen molar-refractivity contribution in [1.82, 2.24) is 9.66 Å². The van der Waals surface area contributed by atoms with Crippen molar-refractivity contribution in [3.8, 4) is 5.75 Å². The van der Waals surface area contributed by atoms with Crippen molar-refractivity contribution in [1.29, 1.82) is 0 Å². The molecule has 0 spiro atoms. The molecule has 0 radical (unpaired) electrons. The van der Waals surface area contributed by atoms with Crippen LogP contribution in [-0.2, 0) is 6.61 Å². The molecular weight excluding hydrogens is 590 g/mol. The summed E-state index contributed by atoms with van der Waals surface area (Å²) in [6.07, 6.45) is 1.47. The summed E-state index contributed by atoms with van der Waals surface area (Å²) in [6.45, 7) is 1.81. The smallest absolute Gasteiger partial charge is 0.335 e. The Labute approximate surface area is 215 Å². The van der Waals surface area contributed by atoms with Gasteiger partial charge in [-0.3, -0.25) is 4.79 Å². The standard InChI is InChI=1S/C24H16Br2ClN3O4/c1-13-29-21-6-5-17(25)9-19(21)23(31)30(13)28-11-16-8-18(27)10-20(26)22(16)34-12-14-3-2-4-15(7-14)24(32)33/h2-11H,12H2,1H3,(H,32,33). The van der Waals surface area contributed by atoms with Gasteiger partial charge in [-0.15, -0.1) is 0 Å². The minimum Gasteiger partial charge on any atom is -0.487 e. The lowest BCUT2D eigenvalue weighted by molar-refractivity contribution is 0.0696. The second kappa shape index (κ2) is 10.1. The normalized spacial score (nSPS) is 11.3. The lowest BCUT2D eigenvalue weighted by atomic mass is 10.1. The summed E-state index contributed by atoms with van der Waals surface area (Å²) in [4.78, 5) is 28.7. The Morgan fingerprint density at radius 3 is 2.76 bits per heavy atom. The Balaban J connectivity index is 1.70. The molecule has 4 aromatic rings. The van der Waals surface area contributed by atoms with Crippen LogP contribution < -0.4 is 10.3 Å². The molecule has 1 aromatic heterocycles. The number of carboxylic acids is 1. The third-order valence-corrected chi connectivity index (χ3v) is 6.18. The Hall–Kier alpha value is -3.01. The molecule has 7 nitrogen and oxygen atoms in total. The average Bonchev–Trinajstić information content (AvgIpc) is 2.79. The van der Waals surface area contributed by atoms with E-state index in [0.29, 0.717) is 43.1 Å². The van der Waals surface area contributed by atoms with E-state index in [1.54, 1.807) is 49.4 Å². The fraction of sp³-hybridized carbons (Fsp3) is 0.0833. The number of aryl methyl sites for hydroxylation is 1. The second-order valence-electron chi connectivity index (χ2n) is 7.28. The SMILES string of the molecule is Cc1nc2ccc(Br)cc2c(=O)n1N=Cc1cc(Cl)cc(Br)c1OCc1cccc(C(=O)O)c1. The van der Waals surface area contributed by atoms with E-state index in [4.69, 9.17) is 16.3 Å². The van der Waals surface area contributed by atoms with Gasteiger partial charge >= 0.3 is 5.97 Å². The highest BCUT2D eigenvalue weighted by Crippen LogP contribution is 2.32. The van der Waals surface area contributed by atoms with Crippen molar-refractivity contribution < 1.29 is 14.6 Å². The van der Waals surface area contributed by atoms with Crippen LogP contribution in [0.25, 0.3) is 10.9 Å². The summed E-state index contributed by atoms with van der Waals surface area (Å²) < 4.78 is 8.54. The maximum Gasteiger partial charge on any atom is 0.335 e. The van der Waals surface area contributed by atoms with Gasteiger partial charge in [0.25, 0.3) is 5.56 Å². The largest absolute Gasteiger partial charge is 0.487 e.